The van der Waals surface area contributed by atoms with Gasteiger partial charge in [-0.25, -0.2) is 14.4 Å². The zero-order chi connectivity index (χ0) is 34.1. The van der Waals surface area contributed by atoms with Gasteiger partial charge in [0.1, 0.15) is 0 Å². The molecule has 240 valence electrons. The molecule has 47 heavy (non-hydrogen) atoms. The van der Waals surface area contributed by atoms with E-state index in [4.69, 9.17) is 32.7 Å². The van der Waals surface area contributed by atoms with Crippen LogP contribution in [0.2, 0.25) is 10.0 Å². The number of carbonyl (C=O) groups is 6. The van der Waals surface area contributed by atoms with Gasteiger partial charge in [-0.05, 0) is 91.9 Å². The number of esters is 2. The Bertz CT molecular complexity index is 1800. The number of carboxylic acids is 1. The number of benzene rings is 4. The Morgan fingerprint density at radius 1 is 0.574 bits per heavy atom. The molecule has 3 amide bonds. The first-order chi connectivity index (χ1) is 22.4. The molecule has 4 aromatic rings. The summed E-state index contributed by atoms with van der Waals surface area (Å²) in [5, 5.41) is 13.2. The molecule has 0 aromatic heterocycles. The Kier molecular flexibility index (Phi) is 11.3. The first kappa shape index (κ1) is 34.2. The number of aryl methyl sites for hydroxylation is 1. The number of hydrogen-bond donors (Lipinski definition) is 4. The topological polar surface area (TPSA) is 177 Å². The van der Waals surface area contributed by atoms with Gasteiger partial charge in [0.05, 0.1) is 11.1 Å². The highest BCUT2D eigenvalue weighted by molar-refractivity contribution is 6.31. The van der Waals surface area contributed by atoms with Gasteiger partial charge in [-0.3, -0.25) is 25.2 Å². The van der Waals surface area contributed by atoms with E-state index in [0.717, 1.165) is 5.56 Å². The van der Waals surface area contributed by atoms with Crippen molar-refractivity contribution in [1.29, 1.82) is 0 Å². The summed E-state index contributed by atoms with van der Waals surface area (Å²) in [6, 6.07) is 23.1. The number of ether oxygens (including phenoxy) is 2. The monoisotopic (exact) mass is 677 g/mol. The van der Waals surface area contributed by atoms with Crippen molar-refractivity contribution < 1.29 is 43.3 Å². The lowest BCUT2D eigenvalue weighted by Gasteiger charge is -2.23. The molecular weight excluding hydrogens is 653 g/mol. The van der Waals surface area contributed by atoms with Crippen LogP contribution < -0.4 is 16.2 Å². The van der Waals surface area contributed by atoms with Gasteiger partial charge in [-0.2, -0.15) is 0 Å². The van der Waals surface area contributed by atoms with E-state index in [9.17, 15) is 33.9 Å². The van der Waals surface area contributed by atoms with Crippen molar-refractivity contribution in [3.8, 4) is 0 Å². The lowest BCUT2D eigenvalue weighted by molar-refractivity contribution is -0.159. The maximum absolute atomic E-state index is 13.2. The molecule has 0 radical (unpaired) electrons. The van der Waals surface area contributed by atoms with E-state index >= 15 is 0 Å². The Morgan fingerprint density at radius 2 is 1.00 bits per heavy atom. The van der Waals surface area contributed by atoms with Crippen molar-refractivity contribution in [2.24, 2.45) is 0 Å². The van der Waals surface area contributed by atoms with Gasteiger partial charge in [-0.1, -0.05) is 40.9 Å². The fourth-order valence-electron chi connectivity index (χ4n) is 3.91. The van der Waals surface area contributed by atoms with Crippen LogP contribution in [0.5, 0.6) is 0 Å². The van der Waals surface area contributed by atoms with E-state index < -0.39 is 41.9 Å². The van der Waals surface area contributed by atoms with Crippen molar-refractivity contribution >= 4 is 64.5 Å². The summed E-state index contributed by atoms with van der Waals surface area (Å²) in [5.41, 5.74) is 5.74. The minimum absolute atomic E-state index is 0.0392. The highest BCUT2D eigenvalue weighted by Gasteiger charge is 2.41. The maximum atomic E-state index is 13.2. The molecule has 0 heterocycles. The molecule has 0 aliphatic heterocycles. The number of hydrogen-bond acceptors (Lipinski definition) is 8. The first-order valence-electron chi connectivity index (χ1n) is 13.7. The summed E-state index contributed by atoms with van der Waals surface area (Å²) >= 11 is 11.7. The van der Waals surface area contributed by atoms with E-state index in [1.54, 1.807) is 24.3 Å². The van der Waals surface area contributed by atoms with Gasteiger partial charge >= 0.3 is 17.9 Å². The highest BCUT2D eigenvalue weighted by atomic mass is 35.5. The van der Waals surface area contributed by atoms with Crippen molar-refractivity contribution in [2.45, 2.75) is 19.1 Å². The predicted molar refractivity (Wildman–Crippen MR) is 170 cm³/mol. The number of anilines is 1. The molecule has 0 aliphatic carbocycles. The molecule has 4 rings (SSSR count). The molecule has 0 bridgehead atoms. The zero-order valence-electron chi connectivity index (χ0n) is 24.4. The molecule has 0 saturated carbocycles. The molecule has 4 aromatic carbocycles. The SMILES string of the molecule is Cc1ccc(C(=O)Nc2ccc(C(=O)NNC(=O)[C@H](OC(=O)c3ccc(Cl)cc3)[C@H](OC(=O)c3ccc(Cl)cc3)C(=O)O)cc2)cc1. The number of halogens is 2. The number of amides is 3. The van der Waals surface area contributed by atoms with Gasteiger partial charge in [0.25, 0.3) is 17.7 Å². The first-order valence-corrected chi connectivity index (χ1v) is 14.4. The largest absolute Gasteiger partial charge is 0.478 e. The average Bonchev–Trinajstić information content (AvgIpc) is 3.06. The summed E-state index contributed by atoms with van der Waals surface area (Å²) in [7, 11) is 0. The van der Waals surface area contributed by atoms with Gasteiger partial charge in [0.2, 0.25) is 12.2 Å². The smallest absolute Gasteiger partial charge is 0.349 e. The van der Waals surface area contributed by atoms with Gasteiger partial charge < -0.3 is 19.9 Å². The van der Waals surface area contributed by atoms with Crippen LogP contribution in [0.25, 0.3) is 0 Å². The molecule has 4 N–H and O–H groups in total. The minimum atomic E-state index is -2.34. The second-order valence-electron chi connectivity index (χ2n) is 9.84. The van der Waals surface area contributed by atoms with Crippen LogP contribution >= 0.6 is 23.2 Å². The van der Waals surface area contributed by atoms with E-state index in [-0.39, 0.29) is 22.6 Å². The van der Waals surface area contributed by atoms with Crippen LogP contribution in [-0.4, -0.2) is 52.9 Å². The summed E-state index contributed by atoms with van der Waals surface area (Å²) in [4.78, 5) is 76.2. The standard InChI is InChI=1S/C33H25Cl2N3O9/c1-18-2-4-19(5-3-18)28(39)36-25-16-10-20(11-17-25)29(40)37-38-30(41)26(46-32(44)21-6-12-23(34)13-7-21)27(31(42)43)47-33(45)22-8-14-24(35)15-9-22/h2-17,26-27H,1H3,(H,36,39)(H,37,40)(H,38,41)(H,42,43)/t26-,27+/m1/s1. The molecule has 0 saturated heterocycles. The molecule has 0 unspecified atom stereocenters. The molecular formula is C33H25Cl2N3O9. The summed E-state index contributed by atoms with van der Waals surface area (Å²) in [5.74, 6) is -6.68. The maximum Gasteiger partial charge on any atom is 0.349 e. The van der Waals surface area contributed by atoms with Crippen molar-refractivity contribution in [2.75, 3.05) is 5.32 Å². The number of rotatable bonds is 10. The van der Waals surface area contributed by atoms with E-state index in [1.807, 2.05) is 12.3 Å². The molecule has 2 atom stereocenters. The second-order valence-corrected chi connectivity index (χ2v) is 10.7. The van der Waals surface area contributed by atoms with Crippen LogP contribution in [0.3, 0.4) is 0 Å². The predicted octanol–water partition coefficient (Wildman–Crippen LogP) is 4.85. The van der Waals surface area contributed by atoms with Crippen LogP contribution in [-0.2, 0) is 19.1 Å². The van der Waals surface area contributed by atoms with E-state index in [2.05, 4.69) is 10.7 Å². The van der Waals surface area contributed by atoms with Gasteiger partial charge in [0, 0.05) is 26.9 Å². The third-order valence-electron chi connectivity index (χ3n) is 6.42. The quantitative estimate of drug-likeness (QED) is 0.135. The summed E-state index contributed by atoms with van der Waals surface area (Å²) < 4.78 is 10.2. The molecule has 0 fully saturated rings. The normalized spacial score (nSPS) is 11.7. The van der Waals surface area contributed by atoms with E-state index in [1.165, 1.54) is 72.8 Å². The van der Waals surface area contributed by atoms with Gasteiger partial charge in [0.15, 0.2) is 0 Å². The Hall–Kier alpha value is -5.72. The Labute approximate surface area is 277 Å². The van der Waals surface area contributed by atoms with Crippen molar-refractivity contribution in [3.63, 3.8) is 0 Å². The third-order valence-corrected chi connectivity index (χ3v) is 6.93. The Morgan fingerprint density at radius 3 is 1.49 bits per heavy atom. The van der Waals surface area contributed by atoms with Crippen LogP contribution in [0.1, 0.15) is 47.0 Å². The fraction of sp³-hybridized carbons (Fsp3) is 0.0909. The van der Waals surface area contributed by atoms with Crippen LogP contribution in [0.15, 0.2) is 97.1 Å². The highest BCUT2D eigenvalue weighted by Crippen LogP contribution is 2.17. The second kappa shape index (κ2) is 15.5. The summed E-state index contributed by atoms with van der Waals surface area (Å²) in [6.07, 6.45) is -4.62. The van der Waals surface area contributed by atoms with Crippen LogP contribution in [0, 0.1) is 6.92 Å². The molecule has 14 heteroatoms. The third kappa shape index (κ3) is 9.39. The number of carbonyl (C=O) groups excluding carboxylic acids is 5. The summed E-state index contributed by atoms with van der Waals surface area (Å²) in [6.45, 7) is 1.89. The average molecular weight is 678 g/mol. The zero-order valence-corrected chi connectivity index (χ0v) is 25.9. The lowest BCUT2D eigenvalue weighted by Crippen LogP contribution is -2.54. The fourth-order valence-corrected chi connectivity index (χ4v) is 4.16. The van der Waals surface area contributed by atoms with E-state index in [0.29, 0.717) is 21.3 Å². The Balaban J connectivity index is 1.47. The minimum Gasteiger partial charge on any atom is -0.478 e. The number of nitrogens with one attached hydrogen (secondary N) is 3. The van der Waals surface area contributed by atoms with Crippen molar-refractivity contribution in [1.82, 2.24) is 10.9 Å². The number of aliphatic carboxylic acids is 1. The number of hydrazine groups is 1. The molecule has 0 aliphatic rings. The number of carboxylic acid groups (broad SMARTS) is 1. The van der Waals surface area contributed by atoms with Crippen LogP contribution in [0.4, 0.5) is 5.69 Å². The molecule has 12 nitrogen and oxygen atoms in total. The van der Waals surface area contributed by atoms with Gasteiger partial charge in [-0.15, -0.1) is 0 Å². The molecule has 0 spiro atoms. The van der Waals surface area contributed by atoms with Crippen molar-refractivity contribution in [3.05, 3.63) is 135 Å². The lowest BCUT2D eigenvalue weighted by atomic mass is 10.1.